The minimum atomic E-state index is 0.252. The molecule has 206 valence electrons. The monoisotopic (exact) mass is 528 g/mol. The van der Waals surface area contributed by atoms with Gasteiger partial charge in [0.15, 0.2) is 0 Å². The second-order valence-electron chi connectivity index (χ2n) is 9.99. The van der Waals surface area contributed by atoms with E-state index in [2.05, 4.69) is 77.0 Å². The van der Waals surface area contributed by atoms with Crippen LogP contribution in [0.4, 0.5) is 22.7 Å². The van der Waals surface area contributed by atoms with Crippen LogP contribution < -0.4 is 9.80 Å². The van der Waals surface area contributed by atoms with E-state index in [0.29, 0.717) is 39.6 Å². The highest BCUT2D eigenvalue weighted by atomic mass is 16.5. The van der Waals surface area contributed by atoms with Gasteiger partial charge in [-0.15, -0.1) is 6.58 Å². The first-order valence-electron chi connectivity index (χ1n) is 13.9. The Bertz CT molecular complexity index is 1260. The van der Waals surface area contributed by atoms with E-state index in [1.165, 1.54) is 45.0 Å². The van der Waals surface area contributed by atoms with Crippen LogP contribution in [0.15, 0.2) is 73.3 Å². The first kappa shape index (κ1) is 27.4. The summed E-state index contributed by atoms with van der Waals surface area (Å²) in [5, 5.41) is 0. The Morgan fingerprint density at radius 3 is 2.03 bits per heavy atom. The van der Waals surface area contributed by atoms with Gasteiger partial charge < -0.3 is 28.7 Å². The number of hydrogen-bond donors (Lipinski definition) is 0. The van der Waals surface area contributed by atoms with Gasteiger partial charge in [0, 0.05) is 62.4 Å². The van der Waals surface area contributed by atoms with Gasteiger partial charge in [0.1, 0.15) is 0 Å². The highest BCUT2D eigenvalue weighted by molar-refractivity contribution is 5.83. The second kappa shape index (κ2) is 13.3. The van der Waals surface area contributed by atoms with Crippen molar-refractivity contribution in [3.8, 4) is 0 Å². The maximum absolute atomic E-state index is 5.92. The zero-order valence-electron chi connectivity index (χ0n) is 23.2. The van der Waals surface area contributed by atoms with Crippen LogP contribution in [0, 0.1) is 0 Å². The molecule has 0 bridgehead atoms. The first-order valence-corrected chi connectivity index (χ1v) is 13.9. The van der Waals surface area contributed by atoms with Crippen LogP contribution in [-0.2, 0) is 25.4 Å². The average molecular weight is 529 g/mol. The van der Waals surface area contributed by atoms with Gasteiger partial charge in [0.05, 0.1) is 39.6 Å². The van der Waals surface area contributed by atoms with Gasteiger partial charge in [-0.1, -0.05) is 42.5 Å². The summed E-state index contributed by atoms with van der Waals surface area (Å²) in [7, 11) is 3.41. The highest BCUT2D eigenvalue weighted by Crippen LogP contribution is 2.51. The van der Waals surface area contributed by atoms with Crippen LogP contribution >= 0.6 is 0 Å². The molecule has 0 radical (unpaired) electrons. The summed E-state index contributed by atoms with van der Waals surface area (Å²) >= 11 is 0. The number of anilines is 4. The number of nitrogens with zero attached hydrogens (tertiary/aromatic N) is 2. The van der Waals surface area contributed by atoms with Gasteiger partial charge in [-0.05, 0) is 52.9 Å². The van der Waals surface area contributed by atoms with Crippen LogP contribution in [0.5, 0.6) is 0 Å². The van der Waals surface area contributed by atoms with Gasteiger partial charge >= 0.3 is 0 Å². The van der Waals surface area contributed by atoms with Crippen LogP contribution in [0.25, 0.3) is 0 Å². The Hall–Kier alpha value is -3.16. The summed E-state index contributed by atoms with van der Waals surface area (Å²) in [6, 6.07) is 22.4. The van der Waals surface area contributed by atoms with Gasteiger partial charge in [0.25, 0.3) is 0 Å². The third-order valence-corrected chi connectivity index (χ3v) is 7.64. The fourth-order valence-electron chi connectivity index (χ4n) is 5.83. The van der Waals surface area contributed by atoms with Crippen molar-refractivity contribution in [2.75, 3.05) is 76.8 Å². The average Bonchev–Trinajstić information content (AvgIpc) is 2.97. The lowest BCUT2D eigenvalue weighted by Crippen LogP contribution is -2.31. The smallest absolute Gasteiger partial charge is 0.0701 e. The fourth-order valence-corrected chi connectivity index (χ4v) is 5.83. The zero-order chi connectivity index (χ0) is 27.0. The number of methoxy groups -OCH3 is 2. The third kappa shape index (κ3) is 5.89. The molecule has 2 heterocycles. The minimum absolute atomic E-state index is 0.252. The van der Waals surface area contributed by atoms with Crippen molar-refractivity contribution in [2.24, 2.45) is 0 Å². The molecule has 1 atom stereocenters. The molecule has 0 aliphatic carbocycles. The Labute approximate surface area is 232 Å². The molecular formula is C33H40N2O4. The summed E-state index contributed by atoms with van der Waals surface area (Å²) < 4.78 is 22.2. The van der Waals surface area contributed by atoms with Crippen molar-refractivity contribution < 1.29 is 18.9 Å². The molecule has 0 saturated heterocycles. The molecule has 0 spiro atoms. The van der Waals surface area contributed by atoms with E-state index in [-0.39, 0.29) is 5.92 Å². The van der Waals surface area contributed by atoms with E-state index in [4.69, 9.17) is 18.9 Å². The lowest BCUT2D eigenvalue weighted by atomic mass is 9.80. The molecule has 39 heavy (non-hydrogen) atoms. The molecule has 0 amide bonds. The Morgan fingerprint density at radius 2 is 1.33 bits per heavy atom. The number of hydrogen-bond acceptors (Lipinski definition) is 6. The molecule has 0 fully saturated rings. The molecule has 0 aromatic heterocycles. The molecular weight excluding hydrogens is 488 g/mol. The van der Waals surface area contributed by atoms with Crippen molar-refractivity contribution in [1.82, 2.24) is 0 Å². The van der Waals surface area contributed by atoms with Crippen LogP contribution in [0.2, 0.25) is 0 Å². The molecule has 1 unspecified atom stereocenters. The lowest BCUT2D eigenvalue weighted by Gasteiger charge is -2.40. The van der Waals surface area contributed by atoms with Gasteiger partial charge in [-0.25, -0.2) is 0 Å². The summed E-state index contributed by atoms with van der Waals surface area (Å²) in [4.78, 5) is 4.88. The third-order valence-electron chi connectivity index (χ3n) is 7.64. The van der Waals surface area contributed by atoms with Crippen LogP contribution in [-0.4, -0.2) is 67.0 Å². The minimum Gasteiger partial charge on any atom is -0.382 e. The van der Waals surface area contributed by atoms with E-state index >= 15 is 0 Å². The number of rotatable bonds is 14. The maximum Gasteiger partial charge on any atom is 0.0701 e. The second-order valence-corrected chi connectivity index (χ2v) is 9.99. The van der Waals surface area contributed by atoms with Crippen molar-refractivity contribution in [3.05, 3.63) is 95.6 Å². The summed E-state index contributed by atoms with van der Waals surface area (Å²) in [6.07, 6.45) is 3.84. The summed E-state index contributed by atoms with van der Waals surface area (Å²) in [5.74, 6) is 0.252. The van der Waals surface area contributed by atoms with Crippen molar-refractivity contribution >= 4 is 22.7 Å². The first-order chi connectivity index (χ1) is 19.3. The van der Waals surface area contributed by atoms with E-state index in [9.17, 15) is 0 Å². The standard InChI is InChI=1S/C33H40N2O4/c1-4-9-27-28-11-6-8-13-31(28)35(15-17-39-21-19-37-3)33-23-26-22-25-10-5-7-12-30(25)34(32(26)24-29(27)33)14-16-38-20-18-36-2/h4-8,10-13,23-24,27H,1,9,14-22H2,2-3H3. The number of para-hydroxylation sites is 2. The lowest BCUT2D eigenvalue weighted by molar-refractivity contribution is 0.0746. The number of fused-ring (bicyclic) bond motifs is 4. The number of ether oxygens (including phenoxy) is 4. The summed E-state index contributed by atoms with van der Waals surface area (Å²) in [5.41, 5.74) is 10.4. The predicted molar refractivity (Wildman–Crippen MR) is 158 cm³/mol. The van der Waals surface area contributed by atoms with Crippen molar-refractivity contribution in [1.29, 1.82) is 0 Å². The molecule has 3 aromatic carbocycles. The quantitative estimate of drug-likeness (QED) is 0.183. The largest absolute Gasteiger partial charge is 0.382 e. The van der Waals surface area contributed by atoms with E-state index in [0.717, 1.165) is 25.9 Å². The van der Waals surface area contributed by atoms with Crippen molar-refractivity contribution in [2.45, 2.75) is 18.8 Å². The van der Waals surface area contributed by atoms with Crippen molar-refractivity contribution in [3.63, 3.8) is 0 Å². The Kier molecular flexibility index (Phi) is 9.32. The molecule has 6 nitrogen and oxygen atoms in total. The normalized spacial score (nSPS) is 15.4. The Balaban J connectivity index is 1.54. The van der Waals surface area contributed by atoms with Gasteiger partial charge in [0.2, 0.25) is 0 Å². The number of allylic oxidation sites excluding steroid dienone is 1. The highest BCUT2D eigenvalue weighted by Gasteiger charge is 2.33. The van der Waals surface area contributed by atoms with E-state index < -0.39 is 0 Å². The zero-order valence-corrected chi connectivity index (χ0v) is 23.2. The molecule has 0 N–H and O–H groups in total. The predicted octanol–water partition coefficient (Wildman–Crippen LogP) is 6.21. The molecule has 0 saturated carbocycles. The molecule has 3 aromatic rings. The topological polar surface area (TPSA) is 43.4 Å². The SMILES string of the molecule is C=CCC1c2ccccc2N(CCOCCOC)c2cc3c(cc21)N(CCOCCOC)c1ccccc1C3. The van der Waals surface area contributed by atoms with Gasteiger partial charge in [-0.3, -0.25) is 0 Å². The summed E-state index contributed by atoms with van der Waals surface area (Å²) in [6.45, 7) is 9.35. The maximum atomic E-state index is 5.92. The van der Waals surface area contributed by atoms with E-state index in [1.807, 2.05) is 6.08 Å². The molecule has 2 aliphatic heterocycles. The Morgan fingerprint density at radius 1 is 0.692 bits per heavy atom. The number of benzene rings is 3. The van der Waals surface area contributed by atoms with Crippen LogP contribution in [0.1, 0.15) is 34.6 Å². The molecule has 6 heteroatoms. The molecule has 2 aliphatic rings. The van der Waals surface area contributed by atoms with Gasteiger partial charge in [-0.2, -0.15) is 0 Å². The molecule has 5 rings (SSSR count). The van der Waals surface area contributed by atoms with Crippen LogP contribution in [0.3, 0.4) is 0 Å². The fraction of sp³-hybridized carbons (Fsp3) is 0.394. The van der Waals surface area contributed by atoms with E-state index in [1.54, 1.807) is 14.2 Å².